The van der Waals surface area contributed by atoms with Crippen LogP contribution in [0.5, 0.6) is 0 Å². The molecule has 1 aliphatic heterocycles. The number of carbonyl (C=O) groups is 2. The maximum Gasteiger partial charge on any atom is 0.335 e. The summed E-state index contributed by atoms with van der Waals surface area (Å²) in [6.07, 6.45) is 5.55. The predicted molar refractivity (Wildman–Crippen MR) is 114 cm³/mol. The second-order valence-electron chi connectivity index (χ2n) is 8.65. The van der Waals surface area contributed by atoms with Crippen molar-refractivity contribution in [1.29, 1.82) is 0 Å². The summed E-state index contributed by atoms with van der Waals surface area (Å²) in [7, 11) is 0. The fourth-order valence-electron chi connectivity index (χ4n) is 4.20. The van der Waals surface area contributed by atoms with E-state index in [-0.39, 0.29) is 29.5 Å². The number of amides is 1. The summed E-state index contributed by atoms with van der Waals surface area (Å²) in [6, 6.07) is 6.12. The molecular weight excluding hydrogens is 414 g/mol. The van der Waals surface area contributed by atoms with Crippen LogP contribution in [0.25, 0.3) is 16.7 Å². The molecule has 2 fully saturated rings. The predicted octanol–water partition coefficient (Wildman–Crippen LogP) is 1.04. The van der Waals surface area contributed by atoms with Gasteiger partial charge in [-0.1, -0.05) is 0 Å². The number of aromatic carboxylic acids is 1. The van der Waals surface area contributed by atoms with Gasteiger partial charge >= 0.3 is 5.97 Å². The van der Waals surface area contributed by atoms with Gasteiger partial charge in [0.1, 0.15) is 11.7 Å². The summed E-state index contributed by atoms with van der Waals surface area (Å²) in [4.78, 5) is 42.5. The Morgan fingerprint density at radius 2 is 1.81 bits per heavy atom. The molecule has 1 saturated heterocycles. The molecule has 1 aliphatic carbocycles. The van der Waals surface area contributed by atoms with E-state index in [2.05, 4.69) is 10.1 Å². The van der Waals surface area contributed by atoms with Gasteiger partial charge in [-0.25, -0.2) is 14.5 Å². The van der Waals surface area contributed by atoms with Crippen LogP contribution in [0, 0.1) is 5.92 Å². The number of aromatic nitrogens is 4. The molecule has 0 bridgehead atoms. The van der Waals surface area contributed by atoms with E-state index in [1.54, 1.807) is 12.1 Å². The lowest BCUT2D eigenvalue weighted by molar-refractivity contribution is -0.137. The zero-order valence-electron chi connectivity index (χ0n) is 17.3. The quantitative estimate of drug-likeness (QED) is 0.610. The molecule has 2 N–H and O–H groups in total. The zero-order chi connectivity index (χ0) is 22.5. The summed E-state index contributed by atoms with van der Waals surface area (Å²) in [6.45, 7) is 1.07. The number of hydrogen-bond acceptors (Lipinski definition) is 6. The van der Waals surface area contributed by atoms with Gasteiger partial charge in [-0.15, -0.1) is 0 Å². The van der Waals surface area contributed by atoms with Crippen molar-refractivity contribution in [2.45, 2.75) is 37.8 Å². The summed E-state index contributed by atoms with van der Waals surface area (Å²) in [5.74, 6) is -0.688. The van der Waals surface area contributed by atoms with E-state index in [9.17, 15) is 19.5 Å². The van der Waals surface area contributed by atoms with Crippen LogP contribution in [0.1, 0.15) is 36.0 Å². The summed E-state index contributed by atoms with van der Waals surface area (Å²) < 4.78 is 2.86. The van der Waals surface area contributed by atoms with Gasteiger partial charge < -0.3 is 15.1 Å². The Hall–Kier alpha value is -3.53. The molecule has 5 rings (SSSR count). The first-order chi connectivity index (χ1) is 15.3. The number of piperidine rings is 1. The van der Waals surface area contributed by atoms with E-state index in [0.717, 1.165) is 12.8 Å². The Bertz CT molecular complexity index is 1250. The van der Waals surface area contributed by atoms with Crippen molar-refractivity contribution in [2.75, 3.05) is 13.1 Å². The highest BCUT2D eigenvalue weighted by Gasteiger charge is 2.39. The number of carbonyl (C=O) groups excluding carboxylic acids is 1. The average molecular weight is 437 g/mol. The molecule has 3 aromatic rings. The third-order valence-electron chi connectivity index (χ3n) is 6.31. The fourth-order valence-corrected chi connectivity index (χ4v) is 4.20. The lowest BCUT2D eigenvalue weighted by Gasteiger charge is -2.38. The molecule has 10 heteroatoms. The largest absolute Gasteiger partial charge is 0.478 e. The molecule has 1 aromatic carbocycles. The maximum absolute atomic E-state index is 13.0. The molecule has 1 saturated carbocycles. The lowest BCUT2D eigenvalue weighted by atomic mass is 9.91. The summed E-state index contributed by atoms with van der Waals surface area (Å²) in [5.41, 5.74) is -0.304. The maximum atomic E-state index is 13.0. The van der Waals surface area contributed by atoms with Gasteiger partial charge in [-0.05, 0) is 49.9 Å². The van der Waals surface area contributed by atoms with Crippen LogP contribution < -0.4 is 5.56 Å². The zero-order valence-corrected chi connectivity index (χ0v) is 17.3. The first-order valence-electron chi connectivity index (χ1n) is 10.6. The number of aliphatic hydroxyl groups is 1. The van der Waals surface area contributed by atoms with Gasteiger partial charge in [0, 0.05) is 19.0 Å². The topological polar surface area (TPSA) is 131 Å². The Balaban J connectivity index is 1.36. The van der Waals surface area contributed by atoms with Crippen LogP contribution >= 0.6 is 0 Å². The third kappa shape index (κ3) is 3.66. The lowest BCUT2D eigenvalue weighted by Crippen LogP contribution is -2.50. The minimum atomic E-state index is -1.08. The molecule has 1 amide bonds. The molecule has 3 heterocycles. The van der Waals surface area contributed by atoms with Crippen LogP contribution in [0.15, 0.2) is 41.6 Å². The smallest absolute Gasteiger partial charge is 0.335 e. The van der Waals surface area contributed by atoms with E-state index in [1.165, 1.54) is 33.9 Å². The van der Waals surface area contributed by atoms with Gasteiger partial charge in [0.15, 0.2) is 5.65 Å². The van der Waals surface area contributed by atoms with Crippen molar-refractivity contribution >= 4 is 22.9 Å². The first kappa shape index (κ1) is 20.4. The number of carboxylic acids is 1. The minimum absolute atomic E-state index is 0.0960. The number of rotatable bonds is 5. The van der Waals surface area contributed by atoms with Gasteiger partial charge in [0.05, 0.1) is 29.6 Å². The Labute approximate surface area is 182 Å². The molecule has 2 aliphatic rings. The van der Waals surface area contributed by atoms with Crippen LogP contribution in [0.4, 0.5) is 0 Å². The highest BCUT2D eigenvalue weighted by Crippen LogP contribution is 2.33. The van der Waals surface area contributed by atoms with Crippen molar-refractivity contribution in [3.8, 4) is 5.69 Å². The highest BCUT2D eigenvalue weighted by atomic mass is 16.4. The second-order valence-corrected chi connectivity index (χ2v) is 8.65. The summed E-state index contributed by atoms with van der Waals surface area (Å²) in [5, 5.41) is 24.6. The molecule has 0 unspecified atom stereocenters. The van der Waals surface area contributed by atoms with Crippen LogP contribution in [-0.2, 0) is 11.3 Å². The van der Waals surface area contributed by atoms with Crippen LogP contribution in [0.3, 0.4) is 0 Å². The van der Waals surface area contributed by atoms with E-state index in [1.807, 2.05) is 4.90 Å². The van der Waals surface area contributed by atoms with Crippen molar-refractivity contribution in [1.82, 2.24) is 24.2 Å². The monoisotopic (exact) mass is 437 g/mol. The average Bonchev–Trinajstić information content (AvgIpc) is 3.55. The number of hydrogen-bond donors (Lipinski definition) is 2. The summed E-state index contributed by atoms with van der Waals surface area (Å²) >= 11 is 0. The number of nitrogens with zero attached hydrogens (tertiary/aromatic N) is 5. The van der Waals surface area contributed by atoms with E-state index < -0.39 is 11.6 Å². The van der Waals surface area contributed by atoms with Crippen LogP contribution in [-0.4, -0.2) is 65.0 Å². The first-order valence-corrected chi connectivity index (χ1v) is 10.6. The molecule has 0 radical (unpaired) electrons. The molecule has 10 nitrogen and oxygen atoms in total. The number of benzene rings is 1. The normalized spacial score (nSPS) is 18.1. The highest BCUT2D eigenvalue weighted by molar-refractivity contribution is 5.88. The second kappa shape index (κ2) is 7.56. The molecule has 0 atom stereocenters. The third-order valence-corrected chi connectivity index (χ3v) is 6.31. The fraction of sp³-hybridized carbons (Fsp3) is 0.409. The Morgan fingerprint density at radius 1 is 1.12 bits per heavy atom. The van der Waals surface area contributed by atoms with Gasteiger partial charge in [0.2, 0.25) is 5.91 Å². The SMILES string of the molecule is O=C(O)c1ccc(-n2ncc3c(=O)n(CC4(O)CCN(C(=O)C5CC5)CC4)cnc32)cc1. The Morgan fingerprint density at radius 3 is 2.44 bits per heavy atom. The van der Waals surface area contributed by atoms with Gasteiger partial charge in [-0.3, -0.25) is 14.2 Å². The molecular formula is C22H23N5O5. The number of likely N-dealkylation sites (tertiary alicyclic amines) is 1. The standard InChI is InChI=1S/C22H23N5O5/c28-19(14-1-2-14)25-9-7-22(32,8-10-25)12-26-13-23-18-17(20(26)29)11-24-27(18)16-5-3-15(4-6-16)21(30)31/h3-6,11,13-14,32H,1-2,7-10,12H2,(H,30,31). The Kier molecular flexibility index (Phi) is 4.81. The van der Waals surface area contributed by atoms with E-state index >= 15 is 0 Å². The van der Waals surface area contributed by atoms with Crippen molar-refractivity contribution in [2.24, 2.45) is 5.92 Å². The van der Waals surface area contributed by atoms with Crippen molar-refractivity contribution in [3.63, 3.8) is 0 Å². The van der Waals surface area contributed by atoms with Crippen molar-refractivity contribution < 1.29 is 19.8 Å². The number of fused-ring (bicyclic) bond motifs is 1. The van der Waals surface area contributed by atoms with Gasteiger partial charge in [0.25, 0.3) is 5.56 Å². The van der Waals surface area contributed by atoms with Gasteiger partial charge in [-0.2, -0.15) is 5.10 Å². The van der Waals surface area contributed by atoms with Crippen molar-refractivity contribution in [3.05, 3.63) is 52.7 Å². The molecule has 0 spiro atoms. The minimum Gasteiger partial charge on any atom is -0.478 e. The number of carboxylic acid groups (broad SMARTS) is 1. The van der Waals surface area contributed by atoms with E-state index in [4.69, 9.17) is 5.11 Å². The molecule has 166 valence electrons. The molecule has 32 heavy (non-hydrogen) atoms. The van der Waals surface area contributed by atoms with Crippen LogP contribution in [0.2, 0.25) is 0 Å². The molecule has 2 aromatic heterocycles. The van der Waals surface area contributed by atoms with E-state index in [0.29, 0.717) is 42.7 Å².